The summed E-state index contributed by atoms with van der Waals surface area (Å²) in [6.07, 6.45) is 0. The van der Waals surface area contributed by atoms with Crippen LogP contribution in [0.5, 0.6) is 0 Å². The predicted molar refractivity (Wildman–Crippen MR) is 82.7 cm³/mol. The van der Waals surface area contributed by atoms with Crippen molar-refractivity contribution in [2.24, 2.45) is 0 Å². The molecule has 2 aromatic carbocycles. The van der Waals surface area contributed by atoms with Crippen LogP contribution in [0, 0.1) is 11.3 Å². The zero-order valence-corrected chi connectivity index (χ0v) is 11.8. The van der Waals surface area contributed by atoms with Crippen molar-refractivity contribution in [1.82, 2.24) is 10.2 Å². The summed E-state index contributed by atoms with van der Waals surface area (Å²) in [6.45, 7) is 2.60. The third-order valence-corrected chi connectivity index (χ3v) is 4.57. The Balaban J connectivity index is 1.87. The zero-order chi connectivity index (χ0) is 14.2. The van der Waals surface area contributed by atoms with Gasteiger partial charge >= 0.3 is 0 Å². The first kappa shape index (κ1) is 12.6. The van der Waals surface area contributed by atoms with E-state index in [2.05, 4.69) is 64.8 Å². The van der Waals surface area contributed by atoms with Crippen LogP contribution in [0.15, 0.2) is 48.5 Å². The summed E-state index contributed by atoms with van der Waals surface area (Å²) >= 11 is 0. The van der Waals surface area contributed by atoms with Crippen molar-refractivity contribution in [1.29, 1.82) is 5.26 Å². The molecule has 0 amide bonds. The van der Waals surface area contributed by atoms with Gasteiger partial charge in [0.05, 0.1) is 12.1 Å². The highest BCUT2D eigenvalue weighted by Crippen LogP contribution is 2.46. The van der Waals surface area contributed by atoms with E-state index in [0.29, 0.717) is 0 Å². The molecule has 0 bridgehead atoms. The van der Waals surface area contributed by atoms with Crippen molar-refractivity contribution in [3.63, 3.8) is 0 Å². The van der Waals surface area contributed by atoms with E-state index in [1.54, 1.807) is 0 Å². The van der Waals surface area contributed by atoms with E-state index >= 15 is 0 Å². The lowest BCUT2D eigenvalue weighted by Crippen LogP contribution is -2.51. The lowest BCUT2D eigenvalue weighted by Gasteiger charge is -2.37. The van der Waals surface area contributed by atoms with E-state index in [1.165, 1.54) is 22.3 Å². The topological polar surface area (TPSA) is 39.1 Å². The van der Waals surface area contributed by atoms with Crippen LogP contribution in [-0.4, -0.2) is 30.6 Å². The Morgan fingerprint density at radius 2 is 1.62 bits per heavy atom. The van der Waals surface area contributed by atoms with Crippen LogP contribution in [0.2, 0.25) is 0 Å². The van der Waals surface area contributed by atoms with Gasteiger partial charge in [-0.1, -0.05) is 48.5 Å². The van der Waals surface area contributed by atoms with Crippen LogP contribution in [0.25, 0.3) is 11.1 Å². The van der Waals surface area contributed by atoms with Crippen molar-refractivity contribution < 1.29 is 0 Å². The molecule has 1 fully saturated rings. The van der Waals surface area contributed by atoms with Gasteiger partial charge in [-0.05, 0) is 22.3 Å². The van der Waals surface area contributed by atoms with Gasteiger partial charge in [-0.2, -0.15) is 5.26 Å². The van der Waals surface area contributed by atoms with Gasteiger partial charge in [0.1, 0.15) is 6.04 Å². The molecular formula is C18H17N3. The average Bonchev–Trinajstić information content (AvgIpc) is 2.89. The Bertz CT molecular complexity index is 671. The van der Waals surface area contributed by atoms with Crippen molar-refractivity contribution in [2.75, 3.05) is 19.6 Å². The fourth-order valence-corrected chi connectivity index (χ4v) is 3.64. The number of hydrogen-bond acceptors (Lipinski definition) is 3. The lowest BCUT2D eigenvalue weighted by atomic mass is 10.0. The number of fused-ring (bicyclic) bond motifs is 3. The Morgan fingerprint density at radius 1 is 1.00 bits per heavy atom. The van der Waals surface area contributed by atoms with Gasteiger partial charge in [-0.3, -0.25) is 4.90 Å². The van der Waals surface area contributed by atoms with E-state index < -0.39 is 0 Å². The molecule has 104 valence electrons. The lowest BCUT2D eigenvalue weighted by molar-refractivity contribution is 0.161. The third-order valence-electron chi connectivity index (χ3n) is 4.57. The molecule has 0 radical (unpaired) electrons. The number of nitrogens with one attached hydrogen (secondary N) is 1. The highest BCUT2D eigenvalue weighted by Gasteiger charge is 2.36. The van der Waals surface area contributed by atoms with Crippen LogP contribution >= 0.6 is 0 Å². The number of hydrogen-bond donors (Lipinski definition) is 1. The minimum absolute atomic E-state index is 0.0667. The van der Waals surface area contributed by atoms with E-state index in [4.69, 9.17) is 0 Å². The molecule has 0 saturated carbocycles. The van der Waals surface area contributed by atoms with E-state index in [9.17, 15) is 5.26 Å². The number of nitrogens with zero attached hydrogens (tertiary/aromatic N) is 2. The van der Waals surface area contributed by atoms with Gasteiger partial charge in [0.2, 0.25) is 0 Å². The van der Waals surface area contributed by atoms with Crippen molar-refractivity contribution in [3.05, 3.63) is 59.7 Å². The minimum Gasteiger partial charge on any atom is -0.313 e. The SMILES string of the molecule is N#CC1CNCCN1C1c2ccccc2-c2ccccc21. The van der Waals surface area contributed by atoms with Crippen LogP contribution < -0.4 is 5.32 Å². The number of benzene rings is 2. The number of nitriles is 1. The molecular weight excluding hydrogens is 258 g/mol. The second-order valence-corrected chi connectivity index (χ2v) is 5.66. The Hall–Kier alpha value is -2.15. The van der Waals surface area contributed by atoms with Crippen LogP contribution in [-0.2, 0) is 0 Å². The molecule has 1 aliphatic heterocycles. The Labute approximate surface area is 124 Å². The van der Waals surface area contributed by atoms with E-state index in [0.717, 1.165) is 19.6 Å². The second kappa shape index (κ2) is 5.00. The van der Waals surface area contributed by atoms with Crippen molar-refractivity contribution >= 4 is 0 Å². The van der Waals surface area contributed by atoms with Crippen molar-refractivity contribution in [2.45, 2.75) is 12.1 Å². The fraction of sp³-hybridized carbons (Fsp3) is 0.278. The fourth-order valence-electron chi connectivity index (χ4n) is 3.64. The molecule has 2 aromatic rings. The summed E-state index contributed by atoms with van der Waals surface area (Å²) < 4.78 is 0. The summed E-state index contributed by atoms with van der Waals surface area (Å²) in [5, 5.41) is 12.8. The van der Waals surface area contributed by atoms with Gasteiger partial charge in [-0.25, -0.2) is 0 Å². The Morgan fingerprint density at radius 3 is 2.24 bits per heavy atom. The molecule has 0 aromatic heterocycles. The minimum atomic E-state index is -0.0667. The monoisotopic (exact) mass is 275 g/mol. The normalized spacial score (nSPS) is 21.6. The highest BCUT2D eigenvalue weighted by atomic mass is 15.2. The van der Waals surface area contributed by atoms with Crippen LogP contribution in [0.4, 0.5) is 0 Å². The number of rotatable bonds is 1. The van der Waals surface area contributed by atoms with Crippen LogP contribution in [0.1, 0.15) is 17.2 Å². The molecule has 3 nitrogen and oxygen atoms in total. The highest BCUT2D eigenvalue weighted by molar-refractivity contribution is 5.78. The van der Waals surface area contributed by atoms with Gasteiger partial charge in [-0.15, -0.1) is 0 Å². The summed E-state index contributed by atoms with van der Waals surface area (Å²) in [6, 6.07) is 19.8. The van der Waals surface area contributed by atoms with Crippen molar-refractivity contribution in [3.8, 4) is 17.2 Å². The molecule has 1 heterocycles. The molecule has 0 spiro atoms. The molecule has 2 aliphatic rings. The van der Waals surface area contributed by atoms with E-state index in [-0.39, 0.29) is 12.1 Å². The van der Waals surface area contributed by atoms with Gasteiger partial charge in [0, 0.05) is 19.6 Å². The number of piperazine rings is 1. The summed E-state index contributed by atoms with van der Waals surface area (Å²) in [4.78, 5) is 2.35. The first-order valence-corrected chi connectivity index (χ1v) is 7.44. The van der Waals surface area contributed by atoms with Gasteiger partial charge in [0.15, 0.2) is 0 Å². The van der Waals surface area contributed by atoms with E-state index in [1.807, 2.05) is 0 Å². The molecule has 1 atom stereocenters. The van der Waals surface area contributed by atoms with Gasteiger partial charge in [0.25, 0.3) is 0 Å². The molecule has 4 rings (SSSR count). The van der Waals surface area contributed by atoms with Gasteiger partial charge < -0.3 is 5.32 Å². The maximum atomic E-state index is 9.49. The van der Waals surface area contributed by atoms with Crippen LogP contribution in [0.3, 0.4) is 0 Å². The maximum absolute atomic E-state index is 9.49. The molecule has 1 unspecified atom stereocenters. The smallest absolute Gasteiger partial charge is 0.111 e. The second-order valence-electron chi connectivity index (χ2n) is 5.66. The first-order valence-electron chi connectivity index (χ1n) is 7.44. The Kier molecular flexibility index (Phi) is 2.99. The average molecular weight is 275 g/mol. The maximum Gasteiger partial charge on any atom is 0.111 e. The molecule has 1 aliphatic carbocycles. The summed E-state index contributed by atoms with van der Waals surface area (Å²) in [7, 11) is 0. The largest absolute Gasteiger partial charge is 0.313 e. The molecule has 1 N–H and O–H groups in total. The first-order chi connectivity index (χ1) is 10.4. The molecule has 1 saturated heterocycles. The predicted octanol–water partition coefficient (Wildman–Crippen LogP) is 2.55. The molecule has 3 heteroatoms. The molecule has 21 heavy (non-hydrogen) atoms. The third kappa shape index (κ3) is 1.88. The zero-order valence-electron chi connectivity index (χ0n) is 11.8. The quantitative estimate of drug-likeness (QED) is 0.869. The summed E-state index contributed by atoms with van der Waals surface area (Å²) in [5.74, 6) is 0. The summed E-state index contributed by atoms with van der Waals surface area (Å²) in [5.41, 5.74) is 5.29. The standard InChI is InChI=1S/C18H17N3/c19-11-13-12-20-9-10-21(13)18-16-7-3-1-5-14(16)15-6-2-4-8-17(15)18/h1-8,13,18,20H,9-10,12H2.